The summed E-state index contributed by atoms with van der Waals surface area (Å²) in [5.41, 5.74) is 1.16. The Labute approximate surface area is 95.8 Å². The van der Waals surface area contributed by atoms with Crippen molar-refractivity contribution < 1.29 is 9.13 Å². The molecule has 1 aromatic carbocycles. The second-order valence-electron chi connectivity index (χ2n) is 4.27. The maximum atomic E-state index is 12.9. The molecule has 0 saturated carbocycles. The van der Waals surface area contributed by atoms with Crippen LogP contribution in [0.3, 0.4) is 0 Å². The Hall–Kier alpha value is -0.930. The summed E-state index contributed by atoms with van der Waals surface area (Å²) in [6, 6.07) is 7.10. The molecule has 1 aromatic rings. The predicted molar refractivity (Wildman–Crippen MR) is 61.7 cm³/mol. The van der Waals surface area contributed by atoms with Crippen LogP contribution in [0.1, 0.15) is 24.4 Å². The zero-order valence-electron chi connectivity index (χ0n) is 9.58. The van der Waals surface area contributed by atoms with Gasteiger partial charge in [-0.15, -0.1) is 0 Å². The largest absolute Gasteiger partial charge is 0.381 e. The zero-order chi connectivity index (χ0) is 11.4. The van der Waals surface area contributed by atoms with Crippen LogP contribution in [0.2, 0.25) is 0 Å². The Balaban J connectivity index is 2.11. The number of ether oxygens (including phenoxy) is 1. The molecular formula is C13H18FNO. The number of nitrogens with one attached hydrogen (secondary N) is 1. The molecule has 1 aliphatic rings. The van der Waals surface area contributed by atoms with Gasteiger partial charge in [0.05, 0.1) is 0 Å². The molecule has 0 bridgehead atoms. The zero-order valence-corrected chi connectivity index (χ0v) is 9.58. The van der Waals surface area contributed by atoms with Crippen molar-refractivity contribution in [3.05, 3.63) is 35.6 Å². The Morgan fingerprint density at radius 3 is 2.44 bits per heavy atom. The molecule has 1 fully saturated rings. The summed E-state index contributed by atoms with van der Waals surface area (Å²) in [6.45, 7) is 1.67. The maximum Gasteiger partial charge on any atom is 0.123 e. The molecule has 0 radical (unpaired) electrons. The van der Waals surface area contributed by atoms with Gasteiger partial charge < -0.3 is 10.1 Å². The Bertz CT molecular complexity index is 319. The molecule has 1 N–H and O–H groups in total. The summed E-state index contributed by atoms with van der Waals surface area (Å²) in [5.74, 6) is 0.412. The molecule has 16 heavy (non-hydrogen) atoms. The van der Waals surface area contributed by atoms with Crippen molar-refractivity contribution in [3.8, 4) is 0 Å². The minimum Gasteiger partial charge on any atom is -0.381 e. The van der Waals surface area contributed by atoms with Crippen LogP contribution < -0.4 is 5.32 Å². The van der Waals surface area contributed by atoms with Crippen LogP contribution in [-0.2, 0) is 4.74 Å². The van der Waals surface area contributed by atoms with Crippen LogP contribution in [0.25, 0.3) is 0 Å². The third kappa shape index (κ3) is 2.60. The minimum absolute atomic E-state index is 0.175. The van der Waals surface area contributed by atoms with Gasteiger partial charge in [-0.05, 0) is 43.5 Å². The molecule has 0 spiro atoms. The third-order valence-electron chi connectivity index (χ3n) is 3.28. The summed E-state index contributed by atoms with van der Waals surface area (Å²) in [5, 5.41) is 3.33. The predicted octanol–water partition coefficient (Wildman–Crippen LogP) is 2.51. The second-order valence-corrected chi connectivity index (χ2v) is 4.27. The summed E-state index contributed by atoms with van der Waals surface area (Å²) >= 11 is 0. The van der Waals surface area contributed by atoms with E-state index in [0.717, 1.165) is 31.6 Å². The number of rotatable bonds is 3. The summed E-state index contributed by atoms with van der Waals surface area (Å²) in [4.78, 5) is 0. The second kappa shape index (κ2) is 5.41. The first kappa shape index (κ1) is 11.6. The molecule has 88 valence electrons. The summed E-state index contributed by atoms with van der Waals surface area (Å²) in [6.07, 6.45) is 2.14. The van der Waals surface area contributed by atoms with Crippen LogP contribution >= 0.6 is 0 Å². The van der Waals surface area contributed by atoms with Crippen molar-refractivity contribution in [1.82, 2.24) is 5.32 Å². The van der Waals surface area contributed by atoms with Crippen LogP contribution in [0, 0.1) is 11.7 Å². The number of hydrogen-bond donors (Lipinski definition) is 1. The lowest BCUT2D eigenvalue weighted by Crippen LogP contribution is -2.29. The SMILES string of the molecule is CNC(c1ccc(F)cc1)C1CCOCC1. The van der Waals surface area contributed by atoms with Gasteiger partial charge in [0.2, 0.25) is 0 Å². The van der Waals surface area contributed by atoms with Gasteiger partial charge in [0.1, 0.15) is 5.82 Å². The molecular weight excluding hydrogens is 205 g/mol. The molecule has 0 aliphatic carbocycles. The molecule has 0 aromatic heterocycles. The van der Waals surface area contributed by atoms with E-state index in [1.807, 2.05) is 19.2 Å². The van der Waals surface area contributed by atoms with E-state index >= 15 is 0 Å². The van der Waals surface area contributed by atoms with Gasteiger partial charge >= 0.3 is 0 Å². The fourth-order valence-electron chi connectivity index (χ4n) is 2.39. The highest BCUT2D eigenvalue weighted by molar-refractivity contribution is 5.20. The van der Waals surface area contributed by atoms with Gasteiger partial charge in [0.15, 0.2) is 0 Å². The molecule has 1 aliphatic heterocycles. The highest BCUT2D eigenvalue weighted by Gasteiger charge is 2.23. The van der Waals surface area contributed by atoms with Crippen LogP contribution in [-0.4, -0.2) is 20.3 Å². The van der Waals surface area contributed by atoms with Crippen molar-refractivity contribution >= 4 is 0 Å². The topological polar surface area (TPSA) is 21.3 Å². The normalized spacial score (nSPS) is 19.6. The van der Waals surface area contributed by atoms with Crippen LogP contribution in [0.15, 0.2) is 24.3 Å². The van der Waals surface area contributed by atoms with Crippen molar-refractivity contribution in [2.75, 3.05) is 20.3 Å². The smallest absolute Gasteiger partial charge is 0.123 e. The molecule has 1 unspecified atom stereocenters. The van der Waals surface area contributed by atoms with E-state index in [1.165, 1.54) is 12.1 Å². The van der Waals surface area contributed by atoms with E-state index in [9.17, 15) is 4.39 Å². The minimum atomic E-state index is -0.175. The van der Waals surface area contributed by atoms with E-state index in [-0.39, 0.29) is 5.82 Å². The lowest BCUT2D eigenvalue weighted by molar-refractivity contribution is 0.0546. The van der Waals surface area contributed by atoms with E-state index in [2.05, 4.69) is 5.32 Å². The van der Waals surface area contributed by atoms with Crippen LogP contribution in [0.4, 0.5) is 4.39 Å². The van der Waals surface area contributed by atoms with Gasteiger partial charge in [-0.3, -0.25) is 0 Å². The first-order valence-corrected chi connectivity index (χ1v) is 5.81. The molecule has 1 heterocycles. The van der Waals surface area contributed by atoms with Gasteiger partial charge in [-0.2, -0.15) is 0 Å². The van der Waals surface area contributed by atoms with E-state index in [4.69, 9.17) is 4.74 Å². The highest BCUT2D eigenvalue weighted by atomic mass is 19.1. The average molecular weight is 223 g/mol. The molecule has 1 saturated heterocycles. The maximum absolute atomic E-state index is 12.9. The Morgan fingerprint density at radius 1 is 1.25 bits per heavy atom. The van der Waals surface area contributed by atoms with E-state index in [1.54, 1.807) is 0 Å². The Kier molecular flexibility index (Phi) is 3.91. The summed E-state index contributed by atoms with van der Waals surface area (Å²) in [7, 11) is 1.96. The standard InChI is InChI=1S/C13H18FNO/c1-15-13(11-6-8-16-9-7-11)10-2-4-12(14)5-3-10/h2-5,11,13,15H,6-9H2,1H3. The molecule has 3 heteroatoms. The monoisotopic (exact) mass is 223 g/mol. The van der Waals surface area contributed by atoms with Gasteiger partial charge in [-0.1, -0.05) is 12.1 Å². The fraction of sp³-hybridized carbons (Fsp3) is 0.538. The van der Waals surface area contributed by atoms with Crippen molar-refractivity contribution in [1.29, 1.82) is 0 Å². The first-order chi connectivity index (χ1) is 7.81. The summed E-state index contributed by atoms with van der Waals surface area (Å²) < 4.78 is 18.2. The number of halogens is 1. The van der Waals surface area contributed by atoms with Gasteiger partial charge in [0, 0.05) is 19.3 Å². The lowest BCUT2D eigenvalue weighted by atomic mass is 9.87. The quantitative estimate of drug-likeness (QED) is 0.850. The highest BCUT2D eigenvalue weighted by Crippen LogP contribution is 2.29. The number of benzene rings is 1. The molecule has 2 nitrogen and oxygen atoms in total. The lowest BCUT2D eigenvalue weighted by Gasteiger charge is -2.30. The molecule has 2 rings (SSSR count). The van der Waals surface area contributed by atoms with Gasteiger partial charge in [-0.25, -0.2) is 4.39 Å². The molecule has 0 amide bonds. The first-order valence-electron chi connectivity index (χ1n) is 5.81. The number of hydrogen-bond acceptors (Lipinski definition) is 2. The average Bonchev–Trinajstić information content (AvgIpc) is 2.34. The van der Waals surface area contributed by atoms with Crippen molar-refractivity contribution in [2.24, 2.45) is 5.92 Å². The van der Waals surface area contributed by atoms with Crippen molar-refractivity contribution in [2.45, 2.75) is 18.9 Å². The van der Waals surface area contributed by atoms with E-state index in [0.29, 0.717) is 12.0 Å². The third-order valence-corrected chi connectivity index (χ3v) is 3.28. The Morgan fingerprint density at radius 2 is 1.88 bits per heavy atom. The molecule has 1 atom stereocenters. The van der Waals surface area contributed by atoms with Crippen LogP contribution in [0.5, 0.6) is 0 Å². The fourth-order valence-corrected chi connectivity index (χ4v) is 2.39. The van der Waals surface area contributed by atoms with Gasteiger partial charge in [0.25, 0.3) is 0 Å². The van der Waals surface area contributed by atoms with Crippen molar-refractivity contribution in [3.63, 3.8) is 0 Å². The van der Waals surface area contributed by atoms with E-state index < -0.39 is 0 Å².